The molecule has 0 fully saturated rings. The molecule has 0 aliphatic heterocycles. The summed E-state index contributed by atoms with van der Waals surface area (Å²) in [6, 6.07) is 15.9. The number of hydrogen-bond acceptors (Lipinski definition) is 5. The Bertz CT molecular complexity index is 1470. The number of aliphatic imine (C=N–C) groups is 2. The van der Waals surface area contributed by atoms with Gasteiger partial charge in [-0.2, -0.15) is 0 Å². The fourth-order valence-corrected chi connectivity index (χ4v) is 4.51. The second-order valence-electron chi connectivity index (χ2n) is 13.4. The van der Waals surface area contributed by atoms with Gasteiger partial charge in [0.15, 0.2) is 0 Å². The van der Waals surface area contributed by atoms with E-state index in [4.69, 9.17) is 14.7 Å². The summed E-state index contributed by atoms with van der Waals surface area (Å²) in [6.45, 7) is 22.7. The van der Waals surface area contributed by atoms with Crippen LogP contribution in [0.5, 0.6) is 11.5 Å². The zero-order valence-electron chi connectivity index (χ0n) is 26.6. The molecule has 0 amide bonds. The van der Waals surface area contributed by atoms with Crippen molar-refractivity contribution >= 4 is 29.8 Å². The highest BCUT2D eigenvalue weighted by atomic mass is 16.5. The van der Waals surface area contributed by atoms with E-state index >= 15 is 0 Å². The van der Waals surface area contributed by atoms with Gasteiger partial charge in [0.05, 0.1) is 11.4 Å². The fraction of sp³-hybridized carbons (Fsp3) is 0.417. The van der Waals surface area contributed by atoms with E-state index in [1.807, 2.05) is 36.4 Å². The van der Waals surface area contributed by atoms with E-state index in [0.29, 0.717) is 22.7 Å². The molecule has 5 heteroatoms. The van der Waals surface area contributed by atoms with Gasteiger partial charge in [0.2, 0.25) is 0 Å². The zero-order chi connectivity index (χ0) is 30.7. The molecule has 3 aromatic rings. The molecule has 0 saturated heterocycles. The Morgan fingerprint density at radius 3 is 1.63 bits per heavy atom. The number of aromatic hydroxyl groups is 1. The minimum atomic E-state index is -0.367. The highest BCUT2D eigenvalue weighted by Gasteiger charge is 2.22. The number of ether oxygens (including phenoxy) is 1. The number of carbonyl (C=O) groups is 1. The van der Waals surface area contributed by atoms with Gasteiger partial charge < -0.3 is 9.84 Å². The number of rotatable bonds is 7. The summed E-state index contributed by atoms with van der Waals surface area (Å²) in [5, 5.41) is 11.1. The number of esters is 1. The number of benzene rings is 3. The largest absolute Gasteiger partial charge is 0.507 e. The summed E-state index contributed by atoms with van der Waals surface area (Å²) in [5.74, 6) is 0.753. The highest BCUT2D eigenvalue weighted by Crippen LogP contribution is 2.37. The summed E-state index contributed by atoms with van der Waals surface area (Å²) >= 11 is 0. The molecule has 0 saturated carbocycles. The smallest absolute Gasteiger partial charge is 0.308 e. The number of carbonyl (C=O) groups excluding carboxylic acids is 1. The quantitative estimate of drug-likeness (QED) is 0.179. The van der Waals surface area contributed by atoms with Crippen molar-refractivity contribution in [3.05, 3.63) is 81.9 Å². The number of phenols is 1. The maximum Gasteiger partial charge on any atom is 0.308 e. The predicted octanol–water partition coefficient (Wildman–Crippen LogP) is 9.66. The van der Waals surface area contributed by atoms with Crippen molar-refractivity contribution < 1.29 is 14.6 Å². The van der Waals surface area contributed by atoms with Gasteiger partial charge in [0, 0.05) is 30.5 Å². The molecular weight excluding hydrogens is 508 g/mol. The zero-order valence-corrected chi connectivity index (χ0v) is 26.6. The molecule has 0 aliphatic carbocycles. The van der Waals surface area contributed by atoms with Crippen LogP contribution in [0.15, 0.2) is 58.5 Å². The molecule has 0 spiro atoms. The molecule has 0 aromatic heterocycles. The van der Waals surface area contributed by atoms with Crippen LogP contribution in [0.2, 0.25) is 0 Å². The van der Waals surface area contributed by atoms with Crippen molar-refractivity contribution in [3.8, 4) is 11.5 Å². The van der Waals surface area contributed by atoms with Gasteiger partial charge in [0.25, 0.3) is 0 Å². The number of nitrogens with zero attached hydrogens (tertiary/aromatic N) is 2. The van der Waals surface area contributed by atoms with Gasteiger partial charge in [-0.1, -0.05) is 93.5 Å². The second kappa shape index (κ2) is 12.4. The Hall–Kier alpha value is -3.73. The standard InChI is InChI=1S/C36H46N2O3/c1-22(2)29-18-27(35(6,7)8)16-25(33(29)40)20-37-31-14-12-13-15-32(31)38-21-26-17-28(36(9,10)11)19-30(23(3)4)34(26)41-24(5)39/h12-23,40H,1-11H3. The van der Waals surface area contributed by atoms with E-state index in [1.54, 1.807) is 12.4 Å². The lowest BCUT2D eigenvalue weighted by Crippen LogP contribution is -2.15. The van der Waals surface area contributed by atoms with Crippen LogP contribution in [0.25, 0.3) is 0 Å². The van der Waals surface area contributed by atoms with Crippen LogP contribution in [0.4, 0.5) is 11.4 Å². The Morgan fingerprint density at radius 1 is 0.756 bits per heavy atom. The highest BCUT2D eigenvalue weighted by molar-refractivity contribution is 5.91. The van der Waals surface area contributed by atoms with Crippen LogP contribution in [-0.2, 0) is 15.6 Å². The SMILES string of the molecule is CC(=O)Oc1c(C=Nc2ccccc2N=Cc2cc(C(C)(C)C)cc(C(C)C)c2O)cc(C(C)(C)C)cc1C(C)C. The average molecular weight is 555 g/mol. The maximum absolute atomic E-state index is 12.0. The lowest BCUT2D eigenvalue weighted by Gasteiger charge is -2.24. The van der Waals surface area contributed by atoms with Crippen molar-refractivity contribution in [1.82, 2.24) is 0 Å². The first-order valence-electron chi connectivity index (χ1n) is 14.4. The Kier molecular flexibility index (Phi) is 9.63. The summed E-state index contributed by atoms with van der Waals surface area (Å²) in [4.78, 5) is 21.6. The lowest BCUT2D eigenvalue weighted by atomic mass is 9.83. The molecule has 5 nitrogen and oxygen atoms in total. The van der Waals surface area contributed by atoms with Crippen molar-refractivity contribution in [2.24, 2.45) is 9.98 Å². The minimum Gasteiger partial charge on any atom is -0.507 e. The summed E-state index contributed by atoms with van der Waals surface area (Å²) in [5.41, 5.74) is 6.74. The molecular formula is C36H46N2O3. The molecule has 3 rings (SSSR count). The first kappa shape index (κ1) is 31.8. The van der Waals surface area contributed by atoms with Crippen LogP contribution >= 0.6 is 0 Å². The Morgan fingerprint density at radius 2 is 1.20 bits per heavy atom. The van der Waals surface area contributed by atoms with Crippen LogP contribution in [0.3, 0.4) is 0 Å². The van der Waals surface area contributed by atoms with Gasteiger partial charge in [-0.25, -0.2) is 0 Å². The van der Waals surface area contributed by atoms with Crippen LogP contribution in [0, 0.1) is 0 Å². The van der Waals surface area contributed by atoms with E-state index in [2.05, 4.69) is 81.4 Å². The Balaban J connectivity index is 2.12. The molecule has 0 atom stereocenters. The van der Waals surface area contributed by atoms with Crippen LogP contribution in [0.1, 0.15) is 121 Å². The number of para-hydroxylation sites is 2. The molecule has 1 N–H and O–H groups in total. The minimum absolute atomic E-state index is 0.0712. The summed E-state index contributed by atoms with van der Waals surface area (Å²) in [7, 11) is 0. The van der Waals surface area contributed by atoms with Gasteiger partial charge in [-0.15, -0.1) is 0 Å². The van der Waals surface area contributed by atoms with E-state index in [0.717, 1.165) is 27.8 Å². The number of phenolic OH excluding ortho intramolecular Hbond substituents is 1. The average Bonchev–Trinajstić information content (AvgIpc) is 2.85. The normalized spacial score (nSPS) is 12.7. The molecule has 0 unspecified atom stereocenters. The monoisotopic (exact) mass is 554 g/mol. The van der Waals surface area contributed by atoms with Gasteiger partial charge in [-0.05, 0) is 69.2 Å². The summed E-state index contributed by atoms with van der Waals surface area (Å²) in [6.07, 6.45) is 3.47. The molecule has 0 heterocycles. The molecule has 0 aliphatic rings. The van der Waals surface area contributed by atoms with Crippen LogP contribution in [-0.4, -0.2) is 23.5 Å². The lowest BCUT2D eigenvalue weighted by molar-refractivity contribution is -0.131. The van der Waals surface area contributed by atoms with Crippen molar-refractivity contribution in [2.45, 2.75) is 98.8 Å². The molecule has 3 aromatic carbocycles. The molecule has 0 bridgehead atoms. The van der Waals surface area contributed by atoms with Crippen LogP contribution < -0.4 is 4.74 Å². The molecule has 41 heavy (non-hydrogen) atoms. The van der Waals surface area contributed by atoms with Crippen molar-refractivity contribution in [2.75, 3.05) is 0 Å². The van der Waals surface area contributed by atoms with E-state index < -0.39 is 0 Å². The van der Waals surface area contributed by atoms with Gasteiger partial charge in [0.1, 0.15) is 11.5 Å². The topological polar surface area (TPSA) is 71.2 Å². The second-order valence-corrected chi connectivity index (χ2v) is 13.4. The fourth-order valence-electron chi connectivity index (χ4n) is 4.51. The predicted molar refractivity (Wildman–Crippen MR) is 172 cm³/mol. The first-order valence-corrected chi connectivity index (χ1v) is 14.4. The van der Waals surface area contributed by atoms with Crippen molar-refractivity contribution in [1.29, 1.82) is 0 Å². The van der Waals surface area contributed by atoms with E-state index in [1.165, 1.54) is 6.92 Å². The molecule has 218 valence electrons. The number of hydrogen-bond donors (Lipinski definition) is 1. The van der Waals surface area contributed by atoms with Gasteiger partial charge in [-0.3, -0.25) is 14.8 Å². The Labute approximate surface area is 246 Å². The first-order chi connectivity index (χ1) is 19.0. The van der Waals surface area contributed by atoms with Gasteiger partial charge >= 0.3 is 5.97 Å². The third kappa shape index (κ3) is 7.93. The maximum atomic E-state index is 12.0. The van der Waals surface area contributed by atoms with E-state index in [9.17, 15) is 9.90 Å². The summed E-state index contributed by atoms with van der Waals surface area (Å²) < 4.78 is 5.72. The molecule has 0 radical (unpaired) electrons. The van der Waals surface area contributed by atoms with E-state index in [-0.39, 0.29) is 34.4 Å². The van der Waals surface area contributed by atoms with Crippen molar-refractivity contribution in [3.63, 3.8) is 0 Å². The third-order valence-corrected chi connectivity index (χ3v) is 7.10. The third-order valence-electron chi connectivity index (χ3n) is 7.10.